The minimum Gasteiger partial charge on any atom is -0.870 e. The number of hydrogen-bond donors (Lipinski definition) is 2. The van der Waals surface area contributed by atoms with Crippen molar-refractivity contribution in [2.75, 3.05) is 41.1 Å². The Kier molecular flexibility index (Phi) is 39.9. The van der Waals surface area contributed by atoms with Crippen LogP contribution >= 0.6 is 47.8 Å². The molecule has 50 heteroatoms. The Morgan fingerprint density at radius 2 is 1.02 bits per heavy atom. The SMILES string of the molecule is NCCS(=O)(=O)CCC(F)F.O=CO[O-].O=S(=O)(CCCc1nonc1/C(Cc1ccc(F)c(Br)c1)=N/O)CCC(F)F.O=c1onc(-c2nonc2CCCS(=O)(=O)CCC(F)F)n1-c1ccc(F)c(Br)c1.O=c1onc(-c2nonc2[N+](=O)[O-])n1-c1ccc(F)c(Br)c1.[Na+].[Na+].[OH-]. The Bertz CT molecular complexity index is 4340. The van der Waals surface area contributed by atoms with Gasteiger partial charge in [-0.3, -0.25) is 13.8 Å². The van der Waals surface area contributed by atoms with Crippen LogP contribution in [0, 0.1) is 27.6 Å². The van der Waals surface area contributed by atoms with Gasteiger partial charge >= 0.3 is 76.4 Å². The van der Waals surface area contributed by atoms with Gasteiger partial charge in [0.2, 0.25) is 30.9 Å². The maximum atomic E-state index is 13.5. The normalized spacial score (nSPS) is 11.3. The van der Waals surface area contributed by atoms with Gasteiger partial charge in [0, 0.05) is 32.2 Å². The van der Waals surface area contributed by atoms with E-state index in [-0.39, 0.29) is 192 Å². The van der Waals surface area contributed by atoms with Crippen LogP contribution in [0.3, 0.4) is 0 Å². The Morgan fingerprint density at radius 1 is 0.622 bits per heavy atom. The van der Waals surface area contributed by atoms with Crippen molar-refractivity contribution in [2.24, 2.45) is 10.9 Å². The number of hydrogen-bond acceptors (Lipinski definition) is 30. The first-order chi connectivity index (χ1) is 44.8. The van der Waals surface area contributed by atoms with Crippen LogP contribution in [0.5, 0.6) is 0 Å². The summed E-state index contributed by atoms with van der Waals surface area (Å²) in [7, 11) is -10.6. The van der Waals surface area contributed by atoms with Crippen molar-refractivity contribution in [2.45, 2.75) is 70.6 Å². The summed E-state index contributed by atoms with van der Waals surface area (Å²) in [4.78, 5) is 45.2. The van der Waals surface area contributed by atoms with Gasteiger partial charge in [-0.1, -0.05) is 31.8 Å². The van der Waals surface area contributed by atoms with Crippen molar-refractivity contribution in [3.63, 3.8) is 0 Å². The van der Waals surface area contributed by atoms with Crippen LogP contribution < -0.4 is 81.6 Å². The minimum absolute atomic E-state index is 0. The fraction of sp³-hybridized carbons (Fsp3) is 0.375. The molecule has 5 aromatic heterocycles. The molecule has 0 amide bonds. The molecule has 0 saturated heterocycles. The smallest absolute Gasteiger partial charge is 0.870 e. The van der Waals surface area contributed by atoms with Crippen molar-refractivity contribution in [1.29, 1.82) is 0 Å². The fourth-order valence-corrected chi connectivity index (χ4v) is 12.2. The molecule has 528 valence electrons. The van der Waals surface area contributed by atoms with Gasteiger partial charge in [0.1, 0.15) is 34.6 Å². The number of aromatic nitrogens is 10. The molecule has 0 spiro atoms. The quantitative estimate of drug-likeness (QED) is 0.00962. The summed E-state index contributed by atoms with van der Waals surface area (Å²) in [6.07, 6.45) is -9.44. The van der Waals surface area contributed by atoms with Gasteiger partial charge in [0.15, 0.2) is 46.1 Å². The number of carbonyl (C=O) groups is 1. The number of halogens is 12. The summed E-state index contributed by atoms with van der Waals surface area (Å²) >= 11 is 9.07. The first kappa shape index (κ1) is 89.9. The third-order valence-electron chi connectivity index (χ3n) is 11.6. The molecule has 8 aromatic rings. The van der Waals surface area contributed by atoms with Gasteiger partial charge in [-0.2, -0.15) is 0 Å². The number of alkyl halides is 6. The molecule has 0 bridgehead atoms. The van der Waals surface area contributed by atoms with Crippen LogP contribution in [0.2, 0.25) is 0 Å². The predicted octanol–water partition coefficient (Wildman–Crippen LogP) is 0.141. The zero-order valence-corrected chi connectivity index (χ0v) is 61.3. The van der Waals surface area contributed by atoms with E-state index >= 15 is 0 Å². The average Bonchev–Trinajstić information content (AvgIpc) is 1.61. The van der Waals surface area contributed by atoms with Crippen LogP contribution in [0.4, 0.5) is 45.3 Å². The number of nitrogens with zero attached hydrogens (tertiary/aromatic N) is 12. The van der Waals surface area contributed by atoms with E-state index in [1.54, 1.807) is 0 Å². The standard InChI is InChI=1S/C16H14BrF3N4O5S.C16H17BrF3N3O4S.C10H3BrFN5O5.C5H11F2NO2S.CH2O3.2Na.H2O/c17-10-8-9(3-4-11(10)18)24-15(23-28-16(24)25)14-12(21-29-22-14)2-1-6-30(26,27)7-5-13(19)20;17-11-8-10(3-4-12(11)18)9-14(21-24)16-13(22-27-23-16)2-1-6-28(25,26)7-5-15(19)20;11-5-3-4(1-2-6(5)12)16-8(14-21-10(16)18)7-9(17(19)20)15-22-13-7;6-5(7)1-3-11(9,10)4-2-8;2-1-4-3;;;/h3-4,8,13H,1-2,5-7H2;3-4,8,15,24H,1-2,5-7,9H2;1-3H;5H,1-4,8H2;1,3H;;;1H2/q;;;;;2*+1;/p-2/b;21-14+;;;;;;. The summed E-state index contributed by atoms with van der Waals surface area (Å²) < 4.78 is 206. The van der Waals surface area contributed by atoms with Crippen LogP contribution in [-0.2, 0) is 58.5 Å². The Labute approximate surface area is 614 Å². The number of benzene rings is 3. The van der Waals surface area contributed by atoms with E-state index in [1.165, 1.54) is 42.5 Å². The Morgan fingerprint density at radius 3 is 1.44 bits per heavy atom. The summed E-state index contributed by atoms with van der Waals surface area (Å²) in [6.45, 7) is -0.189. The number of rotatable bonds is 28. The monoisotopic (exact) mass is 1670 g/mol. The van der Waals surface area contributed by atoms with Gasteiger partial charge in [-0.05, 0) is 148 Å². The van der Waals surface area contributed by atoms with Gasteiger partial charge in [-0.25, -0.2) is 92.7 Å². The second-order valence-electron chi connectivity index (χ2n) is 18.4. The summed E-state index contributed by atoms with van der Waals surface area (Å²) in [5.74, 6) is -6.94. The summed E-state index contributed by atoms with van der Waals surface area (Å²) in [6, 6.07) is 11.7. The van der Waals surface area contributed by atoms with Crippen molar-refractivity contribution < 1.29 is 177 Å². The number of nitro groups is 1. The summed E-state index contributed by atoms with van der Waals surface area (Å²) in [5, 5.41) is 60.1. The van der Waals surface area contributed by atoms with E-state index in [4.69, 9.17) is 15.8 Å². The third-order valence-corrected chi connectivity index (χ3v) is 18.7. The topological polar surface area (TPSA) is 496 Å². The molecule has 33 nitrogen and oxygen atoms in total. The molecule has 3 aromatic carbocycles. The molecule has 0 aliphatic heterocycles. The molecule has 4 N–H and O–H groups in total. The van der Waals surface area contributed by atoms with Crippen LogP contribution in [-0.4, -0.2) is 164 Å². The van der Waals surface area contributed by atoms with E-state index < -0.39 is 131 Å². The minimum atomic E-state index is -3.65. The van der Waals surface area contributed by atoms with E-state index in [2.05, 4.69) is 122 Å². The van der Waals surface area contributed by atoms with Crippen molar-refractivity contribution in [1.82, 2.24) is 50.4 Å². The Hall–Kier alpha value is -6.16. The number of sulfone groups is 3. The maximum absolute atomic E-state index is 13.5. The number of carbonyl (C=O) groups excluding carboxylic acids is 1. The van der Waals surface area contributed by atoms with Gasteiger partial charge in [-0.15, -0.1) is 4.63 Å². The number of aryl methyl sites for hydroxylation is 2. The third kappa shape index (κ3) is 29.2. The van der Waals surface area contributed by atoms with E-state index in [0.29, 0.717) is 5.56 Å². The zero-order chi connectivity index (χ0) is 70.8. The van der Waals surface area contributed by atoms with Crippen molar-refractivity contribution >= 4 is 95.3 Å². The molecule has 0 saturated carbocycles. The molecular formula is C48H47Br3F9N13Na2O20S3. The number of oxime groups is 1. The fourth-order valence-electron chi connectivity index (χ4n) is 7.30. The molecule has 98 heavy (non-hydrogen) atoms. The number of nitrogens with two attached hydrogens (primary N) is 1. The van der Waals surface area contributed by atoms with Crippen LogP contribution in [0.15, 0.2) is 106 Å². The van der Waals surface area contributed by atoms with E-state index in [9.17, 15) is 89.7 Å². The largest absolute Gasteiger partial charge is 1.00 e. The van der Waals surface area contributed by atoms with E-state index in [0.717, 1.165) is 21.3 Å². The predicted molar refractivity (Wildman–Crippen MR) is 316 cm³/mol. The molecule has 0 fully saturated rings. The van der Waals surface area contributed by atoms with Crippen LogP contribution in [0.1, 0.15) is 54.7 Å². The average molecular weight is 1680 g/mol. The molecule has 0 aliphatic carbocycles. The zero-order valence-electron chi connectivity index (χ0n) is 50.1. The second kappa shape index (κ2) is 43.5. The molecule has 0 unspecified atom stereocenters. The molecule has 0 aliphatic rings. The summed E-state index contributed by atoms with van der Waals surface area (Å²) in [5.41, 5.74) is 6.34. The Balaban J connectivity index is 0.000000660. The molecule has 5 heterocycles. The van der Waals surface area contributed by atoms with E-state index in [1.807, 2.05) is 0 Å². The van der Waals surface area contributed by atoms with Crippen molar-refractivity contribution in [3.8, 4) is 34.4 Å². The molecular weight excluding hydrogens is 1630 g/mol. The molecule has 0 radical (unpaired) electrons. The molecule has 0 atom stereocenters. The first-order valence-corrected chi connectivity index (χ1v) is 33.8. The van der Waals surface area contributed by atoms with Crippen molar-refractivity contribution in [3.05, 3.63) is 139 Å². The van der Waals surface area contributed by atoms with Crippen LogP contribution in [0.25, 0.3) is 34.4 Å². The first-order valence-electron chi connectivity index (χ1n) is 26.0. The van der Waals surface area contributed by atoms with Gasteiger partial charge in [0.05, 0.1) is 59.3 Å². The second-order valence-corrected chi connectivity index (χ2v) is 27.9. The van der Waals surface area contributed by atoms with Gasteiger partial charge in [0.25, 0.3) is 12.2 Å². The maximum Gasteiger partial charge on any atom is 1.00 e. The van der Waals surface area contributed by atoms with Gasteiger partial charge < -0.3 is 36.7 Å². The molecule has 8 rings (SSSR count).